The van der Waals surface area contributed by atoms with Gasteiger partial charge in [-0.1, -0.05) is 296 Å². The van der Waals surface area contributed by atoms with Crippen molar-refractivity contribution in [1.82, 2.24) is 5.32 Å². The van der Waals surface area contributed by atoms with E-state index in [-0.39, 0.29) is 18.9 Å². The average Bonchev–Trinajstić information content (AvgIpc) is 3.28. The van der Waals surface area contributed by atoms with Gasteiger partial charge in [0.05, 0.1) is 31.3 Å². The van der Waals surface area contributed by atoms with Crippen molar-refractivity contribution >= 4 is 5.91 Å². The highest BCUT2D eigenvalue weighted by molar-refractivity contribution is 5.76. The first-order valence-electron chi connectivity index (χ1n) is 29.0. The van der Waals surface area contributed by atoms with Gasteiger partial charge < -0.3 is 20.6 Å². The summed E-state index contributed by atoms with van der Waals surface area (Å²) < 4.78 is 0. The van der Waals surface area contributed by atoms with Crippen LogP contribution in [-0.2, 0) is 4.79 Å². The first-order valence-corrected chi connectivity index (χ1v) is 29.0. The summed E-state index contributed by atoms with van der Waals surface area (Å²) in [5.41, 5.74) is 0. The molecule has 0 radical (unpaired) electrons. The zero-order valence-corrected chi connectivity index (χ0v) is 43.0. The predicted octanol–water partition coefficient (Wildman–Crippen LogP) is 17.9. The number of aliphatic hydroxyl groups excluding tert-OH is 3. The molecule has 0 aliphatic rings. The van der Waals surface area contributed by atoms with Crippen molar-refractivity contribution < 1.29 is 20.1 Å². The number of unbranched alkanes of at least 4 members (excludes halogenated alkanes) is 43. The lowest BCUT2D eigenvalue weighted by molar-refractivity contribution is -0.125. The van der Waals surface area contributed by atoms with Gasteiger partial charge in [-0.15, -0.1) is 0 Å². The highest BCUT2D eigenvalue weighted by Crippen LogP contribution is 2.18. The van der Waals surface area contributed by atoms with Crippen LogP contribution in [-0.4, -0.2) is 46.1 Å². The number of carbonyl (C=O) groups excluding carboxylic acids is 1. The van der Waals surface area contributed by atoms with Crippen LogP contribution >= 0.6 is 0 Å². The van der Waals surface area contributed by atoms with Crippen molar-refractivity contribution in [3.63, 3.8) is 0 Å². The lowest BCUT2D eigenvalue weighted by Crippen LogP contribution is -2.46. The van der Waals surface area contributed by atoms with Crippen LogP contribution in [0.5, 0.6) is 0 Å². The fourth-order valence-corrected chi connectivity index (χ4v) is 9.40. The average molecular weight is 891 g/mol. The fraction of sp³-hybridized carbons (Fsp3) is 0.948. The normalized spacial score (nSPS) is 13.3. The Morgan fingerprint density at radius 2 is 0.635 bits per heavy atom. The Morgan fingerprint density at radius 1 is 0.381 bits per heavy atom. The van der Waals surface area contributed by atoms with Crippen molar-refractivity contribution in [2.24, 2.45) is 0 Å². The maximum absolute atomic E-state index is 12.5. The highest BCUT2D eigenvalue weighted by atomic mass is 16.3. The van der Waals surface area contributed by atoms with E-state index >= 15 is 0 Å². The molecule has 0 aromatic carbocycles. The molecule has 0 fully saturated rings. The second kappa shape index (κ2) is 53.7. The molecule has 0 aliphatic carbocycles. The summed E-state index contributed by atoms with van der Waals surface area (Å²) in [7, 11) is 0. The molecule has 0 heterocycles. The number of allylic oxidation sites excluding steroid dienone is 2. The molecule has 63 heavy (non-hydrogen) atoms. The molecule has 5 heteroatoms. The Hall–Kier alpha value is -0.910. The van der Waals surface area contributed by atoms with E-state index in [0.717, 1.165) is 25.7 Å². The SMILES string of the molecule is CCCCCCCCCCCCCC/C=C\CCCCCCCCCCCCC(O)CC(=O)NC(CO)C(O)CCCCCCCCCCCCCCCCCCCCCCCC. The minimum absolute atomic E-state index is 0.0395. The van der Waals surface area contributed by atoms with E-state index in [2.05, 4.69) is 31.3 Å². The van der Waals surface area contributed by atoms with Crippen LogP contribution in [0.4, 0.5) is 0 Å². The van der Waals surface area contributed by atoms with Gasteiger partial charge in [-0.3, -0.25) is 4.79 Å². The molecular weight excluding hydrogens is 775 g/mol. The van der Waals surface area contributed by atoms with Crippen LogP contribution in [0.2, 0.25) is 0 Å². The van der Waals surface area contributed by atoms with Crippen LogP contribution in [0.25, 0.3) is 0 Å². The summed E-state index contributed by atoms with van der Waals surface area (Å²) in [6, 6.07) is -0.657. The molecule has 4 N–H and O–H groups in total. The first-order chi connectivity index (χ1) is 31.0. The van der Waals surface area contributed by atoms with E-state index in [1.807, 2.05) is 0 Å². The van der Waals surface area contributed by atoms with Crippen LogP contribution in [0.15, 0.2) is 12.2 Å². The number of carbonyl (C=O) groups is 1. The van der Waals surface area contributed by atoms with Gasteiger partial charge >= 0.3 is 0 Å². The molecule has 3 unspecified atom stereocenters. The van der Waals surface area contributed by atoms with E-state index in [0.29, 0.717) is 12.8 Å². The van der Waals surface area contributed by atoms with E-state index in [4.69, 9.17) is 0 Å². The smallest absolute Gasteiger partial charge is 0.222 e. The number of aliphatic hydroxyl groups is 3. The zero-order valence-electron chi connectivity index (χ0n) is 43.0. The van der Waals surface area contributed by atoms with E-state index < -0.39 is 18.2 Å². The third-order valence-electron chi connectivity index (χ3n) is 13.8. The monoisotopic (exact) mass is 890 g/mol. The molecule has 376 valence electrons. The summed E-state index contributed by atoms with van der Waals surface area (Å²) in [6.45, 7) is 4.31. The zero-order chi connectivity index (χ0) is 45.8. The van der Waals surface area contributed by atoms with Gasteiger partial charge in [-0.2, -0.15) is 0 Å². The third-order valence-corrected chi connectivity index (χ3v) is 13.8. The molecule has 0 aliphatic heterocycles. The van der Waals surface area contributed by atoms with Crippen LogP contribution in [0.1, 0.15) is 328 Å². The molecule has 0 saturated heterocycles. The Balaban J connectivity index is 3.51. The summed E-state index contributed by atoms with van der Waals surface area (Å²) in [6.07, 6.45) is 66.6. The van der Waals surface area contributed by atoms with Crippen LogP contribution in [0.3, 0.4) is 0 Å². The molecule has 0 saturated carbocycles. The van der Waals surface area contributed by atoms with Crippen molar-refractivity contribution in [3.8, 4) is 0 Å². The van der Waals surface area contributed by atoms with Gasteiger partial charge in [-0.05, 0) is 38.5 Å². The Labute approximate surface area is 395 Å². The Bertz CT molecular complexity index is 894. The first kappa shape index (κ1) is 62.1. The van der Waals surface area contributed by atoms with Crippen molar-refractivity contribution in [3.05, 3.63) is 12.2 Å². The maximum Gasteiger partial charge on any atom is 0.222 e. The largest absolute Gasteiger partial charge is 0.394 e. The van der Waals surface area contributed by atoms with Crippen molar-refractivity contribution in [2.75, 3.05) is 6.61 Å². The van der Waals surface area contributed by atoms with E-state index in [1.54, 1.807) is 0 Å². The summed E-state index contributed by atoms with van der Waals surface area (Å²) in [4.78, 5) is 12.5. The molecule has 5 nitrogen and oxygen atoms in total. The third kappa shape index (κ3) is 50.3. The molecule has 0 rings (SSSR count). The second-order valence-corrected chi connectivity index (χ2v) is 20.3. The molecule has 0 aromatic rings. The van der Waals surface area contributed by atoms with Crippen LogP contribution in [0, 0.1) is 0 Å². The molecule has 1 amide bonds. The molecule has 3 atom stereocenters. The summed E-state index contributed by atoms with van der Waals surface area (Å²) >= 11 is 0. The van der Waals surface area contributed by atoms with E-state index in [1.165, 1.54) is 270 Å². The number of rotatable bonds is 54. The minimum Gasteiger partial charge on any atom is -0.394 e. The predicted molar refractivity (Wildman–Crippen MR) is 278 cm³/mol. The number of amides is 1. The Morgan fingerprint density at radius 3 is 0.921 bits per heavy atom. The number of hydrogen-bond acceptors (Lipinski definition) is 4. The van der Waals surface area contributed by atoms with Gasteiger partial charge in [0, 0.05) is 0 Å². The quantitative estimate of drug-likeness (QED) is 0.0362. The maximum atomic E-state index is 12.5. The second-order valence-electron chi connectivity index (χ2n) is 20.3. The lowest BCUT2D eigenvalue weighted by atomic mass is 10.0. The fourth-order valence-electron chi connectivity index (χ4n) is 9.40. The van der Waals surface area contributed by atoms with Crippen molar-refractivity contribution in [1.29, 1.82) is 0 Å². The number of nitrogens with one attached hydrogen (secondary N) is 1. The highest BCUT2D eigenvalue weighted by Gasteiger charge is 2.21. The molecular formula is C58H115NO4. The van der Waals surface area contributed by atoms with E-state index in [9.17, 15) is 20.1 Å². The van der Waals surface area contributed by atoms with Gasteiger partial charge in [0.25, 0.3) is 0 Å². The molecule has 0 spiro atoms. The van der Waals surface area contributed by atoms with Gasteiger partial charge in [0.2, 0.25) is 5.91 Å². The topological polar surface area (TPSA) is 89.8 Å². The minimum atomic E-state index is -0.748. The van der Waals surface area contributed by atoms with Gasteiger partial charge in [-0.25, -0.2) is 0 Å². The number of hydrogen-bond donors (Lipinski definition) is 4. The lowest BCUT2D eigenvalue weighted by Gasteiger charge is -2.23. The summed E-state index contributed by atoms with van der Waals surface area (Å²) in [5.74, 6) is -0.277. The summed E-state index contributed by atoms with van der Waals surface area (Å²) in [5, 5.41) is 33.7. The van der Waals surface area contributed by atoms with Gasteiger partial charge in [0.15, 0.2) is 0 Å². The van der Waals surface area contributed by atoms with Gasteiger partial charge in [0.1, 0.15) is 0 Å². The molecule has 0 bridgehead atoms. The molecule has 0 aromatic heterocycles. The standard InChI is InChI=1S/C58H115NO4/c1-3-5-7-9-11-13-15-17-19-21-23-25-27-28-29-30-31-33-35-37-39-41-43-45-47-49-51-55(61)53-58(63)59-56(54-60)57(62)52-50-48-46-44-42-40-38-36-34-32-26-24-22-20-18-16-14-12-10-8-6-4-2/h28-29,55-57,60-62H,3-27,30-54H2,1-2H3,(H,59,63)/b29-28-. The van der Waals surface area contributed by atoms with Crippen molar-refractivity contribution in [2.45, 2.75) is 347 Å². The van der Waals surface area contributed by atoms with Crippen LogP contribution < -0.4 is 5.32 Å². The Kier molecular flexibility index (Phi) is 52.9.